The highest BCUT2D eigenvalue weighted by Crippen LogP contribution is 2.44. The first kappa shape index (κ1) is 12.6. The van der Waals surface area contributed by atoms with Crippen LogP contribution < -0.4 is 5.73 Å². The molecule has 0 saturated heterocycles. The number of benzene rings is 1. The Balaban J connectivity index is 2.51. The predicted octanol–water partition coefficient (Wildman–Crippen LogP) is 0.674. The highest BCUT2D eigenvalue weighted by molar-refractivity contribution is 5.89. The van der Waals surface area contributed by atoms with Gasteiger partial charge in [-0.2, -0.15) is 0 Å². The molecule has 1 aromatic rings. The van der Waals surface area contributed by atoms with Crippen LogP contribution in [0.3, 0.4) is 0 Å². The first-order chi connectivity index (χ1) is 8.54. The number of carbonyl (C=O) groups excluding carboxylic acids is 2. The lowest BCUT2D eigenvalue weighted by molar-refractivity contribution is -0.148. The molecule has 1 aromatic carbocycles. The van der Waals surface area contributed by atoms with Gasteiger partial charge in [-0.15, -0.1) is 0 Å². The zero-order valence-electron chi connectivity index (χ0n) is 10.3. The van der Waals surface area contributed by atoms with E-state index in [1.807, 2.05) is 0 Å². The van der Waals surface area contributed by atoms with Crippen LogP contribution in [0.5, 0.6) is 0 Å². The maximum Gasteiger partial charge on any atom is 0.330 e. The second-order valence-electron chi connectivity index (χ2n) is 4.33. The van der Waals surface area contributed by atoms with Gasteiger partial charge in [0, 0.05) is 0 Å². The van der Waals surface area contributed by atoms with Crippen molar-refractivity contribution in [1.29, 1.82) is 0 Å². The molecule has 1 aliphatic carbocycles. The Hall–Kier alpha value is -1.88. The van der Waals surface area contributed by atoms with Gasteiger partial charge < -0.3 is 15.2 Å². The van der Waals surface area contributed by atoms with Gasteiger partial charge in [-0.1, -0.05) is 24.3 Å². The molecular weight excluding hydrogens is 234 g/mol. The molecule has 2 N–H and O–H groups in total. The molecule has 96 valence electrons. The fraction of sp³-hybridized carbons (Fsp3) is 0.385. The Bertz CT molecular complexity index is 500. The highest BCUT2D eigenvalue weighted by Gasteiger charge is 2.49. The smallest absolute Gasteiger partial charge is 0.330 e. The Morgan fingerprint density at radius 1 is 1.28 bits per heavy atom. The van der Waals surface area contributed by atoms with Gasteiger partial charge in [0.1, 0.15) is 5.54 Å². The van der Waals surface area contributed by atoms with Gasteiger partial charge in [-0.3, -0.25) is 4.79 Å². The second kappa shape index (κ2) is 4.42. The van der Waals surface area contributed by atoms with Crippen molar-refractivity contribution in [2.24, 2.45) is 5.73 Å². The first-order valence-electron chi connectivity index (χ1n) is 5.59. The SMILES string of the molecule is COC(=O)[C@H]1C[C@](N)(C(=O)OC)c2ccccc21. The third kappa shape index (κ3) is 1.67. The molecule has 2 rings (SSSR count). The molecule has 0 aromatic heterocycles. The monoisotopic (exact) mass is 249 g/mol. The van der Waals surface area contributed by atoms with Crippen molar-refractivity contribution in [3.05, 3.63) is 35.4 Å². The van der Waals surface area contributed by atoms with Crippen LogP contribution in [-0.2, 0) is 24.6 Å². The second-order valence-corrected chi connectivity index (χ2v) is 4.33. The third-order valence-corrected chi connectivity index (χ3v) is 3.38. The number of methoxy groups -OCH3 is 2. The maximum atomic E-state index is 11.9. The number of rotatable bonds is 2. The molecule has 5 heteroatoms. The van der Waals surface area contributed by atoms with Crippen LogP contribution in [0.15, 0.2) is 24.3 Å². The molecule has 5 nitrogen and oxygen atoms in total. The average Bonchev–Trinajstić information content (AvgIpc) is 2.72. The lowest BCUT2D eigenvalue weighted by Gasteiger charge is -2.22. The van der Waals surface area contributed by atoms with Crippen LogP contribution in [0, 0.1) is 0 Å². The van der Waals surface area contributed by atoms with Crippen LogP contribution >= 0.6 is 0 Å². The largest absolute Gasteiger partial charge is 0.469 e. The van der Waals surface area contributed by atoms with Gasteiger partial charge in [0.15, 0.2) is 0 Å². The molecule has 0 fully saturated rings. The number of esters is 2. The van der Waals surface area contributed by atoms with Crippen LogP contribution in [0.1, 0.15) is 23.5 Å². The molecule has 0 radical (unpaired) electrons. The van der Waals surface area contributed by atoms with Gasteiger partial charge in [0.05, 0.1) is 20.1 Å². The summed E-state index contributed by atoms with van der Waals surface area (Å²) >= 11 is 0. The average molecular weight is 249 g/mol. The van der Waals surface area contributed by atoms with Crippen LogP contribution in [0.4, 0.5) is 0 Å². The number of ether oxygens (including phenoxy) is 2. The summed E-state index contributed by atoms with van der Waals surface area (Å²) in [7, 11) is 2.60. The van der Waals surface area contributed by atoms with Crippen molar-refractivity contribution in [1.82, 2.24) is 0 Å². The van der Waals surface area contributed by atoms with Crippen molar-refractivity contribution < 1.29 is 19.1 Å². The molecule has 0 spiro atoms. The summed E-state index contributed by atoms with van der Waals surface area (Å²) in [6.45, 7) is 0. The Kier molecular flexibility index (Phi) is 3.09. The van der Waals surface area contributed by atoms with Crippen molar-refractivity contribution in [3.63, 3.8) is 0 Å². The van der Waals surface area contributed by atoms with Gasteiger partial charge in [-0.25, -0.2) is 4.79 Å². The molecule has 18 heavy (non-hydrogen) atoms. The van der Waals surface area contributed by atoms with E-state index in [-0.39, 0.29) is 6.42 Å². The van der Waals surface area contributed by atoms with Crippen molar-refractivity contribution in [2.75, 3.05) is 14.2 Å². The lowest BCUT2D eigenvalue weighted by Crippen LogP contribution is -2.44. The molecule has 0 amide bonds. The lowest BCUT2D eigenvalue weighted by atomic mass is 9.93. The standard InChI is InChI=1S/C13H15NO4/c1-17-11(15)9-7-13(14,12(16)18-2)10-6-4-3-5-8(9)10/h3-6,9H,7,14H2,1-2H3/t9-,13+/m0/s1. The molecule has 2 atom stereocenters. The molecule has 1 aliphatic rings. The van der Waals surface area contributed by atoms with Crippen molar-refractivity contribution in [2.45, 2.75) is 17.9 Å². The van der Waals surface area contributed by atoms with E-state index in [4.69, 9.17) is 15.2 Å². The van der Waals surface area contributed by atoms with Crippen molar-refractivity contribution in [3.8, 4) is 0 Å². The first-order valence-corrected chi connectivity index (χ1v) is 5.59. The topological polar surface area (TPSA) is 78.6 Å². The maximum absolute atomic E-state index is 11.9. The zero-order valence-corrected chi connectivity index (χ0v) is 10.3. The van der Waals surface area contributed by atoms with Gasteiger partial charge in [0.2, 0.25) is 0 Å². The number of fused-ring (bicyclic) bond motifs is 1. The van der Waals surface area contributed by atoms with E-state index in [2.05, 4.69) is 0 Å². The van der Waals surface area contributed by atoms with Crippen LogP contribution in [0.25, 0.3) is 0 Å². The summed E-state index contributed by atoms with van der Waals surface area (Å²) < 4.78 is 9.49. The van der Waals surface area contributed by atoms with E-state index < -0.39 is 23.4 Å². The minimum absolute atomic E-state index is 0.172. The van der Waals surface area contributed by atoms with E-state index in [9.17, 15) is 9.59 Å². The molecule has 0 heterocycles. The van der Waals surface area contributed by atoms with Crippen molar-refractivity contribution >= 4 is 11.9 Å². The van der Waals surface area contributed by atoms with Crippen LogP contribution in [0.2, 0.25) is 0 Å². The number of hydrogen-bond acceptors (Lipinski definition) is 5. The fourth-order valence-corrected chi connectivity index (χ4v) is 2.48. The van der Waals surface area contributed by atoms with E-state index in [1.54, 1.807) is 24.3 Å². The molecule has 0 aliphatic heterocycles. The summed E-state index contributed by atoms with van der Waals surface area (Å²) in [5.41, 5.74) is 6.22. The Labute approximate surface area is 105 Å². The number of hydrogen-bond donors (Lipinski definition) is 1. The van der Waals surface area contributed by atoms with Gasteiger partial charge in [0.25, 0.3) is 0 Å². The summed E-state index contributed by atoms with van der Waals surface area (Å²) in [6, 6.07) is 7.12. The van der Waals surface area contributed by atoms with Crippen LogP contribution in [-0.4, -0.2) is 26.2 Å². The minimum Gasteiger partial charge on any atom is -0.469 e. The molecular formula is C13H15NO4. The predicted molar refractivity (Wildman–Crippen MR) is 63.7 cm³/mol. The summed E-state index contributed by atoms with van der Waals surface area (Å²) in [4.78, 5) is 23.6. The van der Waals surface area contributed by atoms with E-state index >= 15 is 0 Å². The van der Waals surface area contributed by atoms with Gasteiger partial charge in [-0.05, 0) is 17.5 Å². The summed E-state index contributed by atoms with van der Waals surface area (Å²) in [5.74, 6) is -1.45. The minimum atomic E-state index is -1.27. The Morgan fingerprint density at radius 2 is 1.94 bits per heavy atom. The molecule has 0 bridgehead atoms. The quantitative estimate of drug-likeness (QED) is 0.779. The number of nitrogens with two attached hydrogens (primary N) is 1. The zero-order chi connectivity index (χ0) is 13.3. The molecule has 0 unspecified atom stereocenters. The fourth-order valence-electron chi connectivity index (χ4n) is 2.48. The third-order valence-electron chi connectivity index (χ3n) is 3.38. The van der Waals surface area contributed by atoms with Gasteiger partial charge >= 0.3 is 11.9 Å². The number of carbonyl (C=O) groups is 2. The summed E-state index contributed by atoms with van der Waals surface area (Å²) in [6.07, 6.45) is 0.172. The molecule has 0 saturated carbocycles. The van der Waals surface area contributed by atoms with E-state index in [0.717, 1.165) is 5.56 Å². The normalized spacial score (nSPS) is 25.4. The van der Waals surface area contributed by atoms with E-state index in [1.165, 1.54) is 14.2 Å². The Morgan fingerprint density at radius 3 is 2.56 bits per heavy atom. The summed E-state index contributed by atoms with van der Waals surface area (Å²) in [5, 5.41) is 0. The highest BCUT2D eigenvalue weighted by atomic mass is 16.5. The van der Waals surface area contributed by atoms with E-state index in [0.29, 0.717) is 5.56 Å².